The summed E-state index contributed by atoms with van der Waals surface area (Å²) in [5, 5.41) is 18.4. The molecule has 0 aliphatic rings. The van der Waals surface area contributed by atoms with Gasteiger partial charge >= 0.3 is 5.97 Å². The van der Waals surface area contributed by atoms with Crippen LogP contribution in [0.5, 0.6) is 0 Å². The molecule has 0 aromatic carbocycles. The second-order valence-electron chi connectivity index (χ2n) is 3.18. The van der Waals surface area contributed by atoms with Crippen LogP contribution in [0.25, 0.3) is 0 Å². The van der Waals surface area contributed by atoms with E-state index in [-0.39, 0.29) is 18.1 Å². The van der Waals surface area contributed by atoms with Gasteiger partial charge in [0, 0.05) is 7.11 Å². The molecule has 1 heterocycles. The topological polar surface area (TPSA) is 79.9 Å². The summed E-state index contributed by atoms with van der Waals surface area (Å²) in [5.74, 6) is -1.18. The quantitative estimate of drug-likeness (QED) is 0.752. The molecule has 0 radical (unpaired) electrons. The number of aromatic carboxylic acids is 1. The molecule has 0 fully saturated rings. The van der Waals surface area contributed by atoms with Crippen molar-refractivity contribution in [1.29, 1.82) is 0 Å². The minimum Gasteiger partial charge on any atom is -0.475 e. The Balaban J connectivity index is 2.90. The molecule has 14 heavy (non-hydrogen) atoms. The number of methoxy groups -OCH3 is 1. The lowest BCUT2D eigenvalue weighted by atomic mass is 10.1. The molecule has 0 saturated carbocycles. The van der Waals surface area contributed by atoms with E-state index in [4.69, 9.17) is 14.3 Å². The fraction of sp³-hybridized carbons (Fsp3) is 0.444. The highest BCUT2D eigenvalue weighted by atomic mass is 16.5. The van der Waals surface area contributed by atoms with E-state index in [1.807, 2.05) is 0 Å². The number of carboxylic acid groups (broad SMARTS) is 1. The van der Waals surface area contributed by atoms with Crippen LogP contribution in [-0.2, 0) is 10.3 Å². The Morgan fingerprint density at radius 1 is 1.64 bits per heavy atom. The Morgan fingerprint density at radius 3 is 2.71 bits per heavy atom. The van der Waals surface area contributed by atoms with Gasteiger partial charge in [0.1, 0.15) is 11.4 Å². The molecule has 1 rings (SSSR count). The standard InChI is InChI=1S/C9H12O5/c1-9(12,5-13-2)7-4-3-6(14-7)8(10)11/h3-4,12H,5H2,1-2H3,(H,10,11). The van der Waals surface area contributed by atoms with Gasteiger partial charge in [0.2, 0.25) is 5.76 Å². The maximum atomic E-state index is 10.5. The molecule has 78 valence electrons. The van der Waals surface area contributed by atoms with Crippen LogP contribution in [0.4, 0.5) is 0 Å². The van der Waals surface area contributed by atoms with Gasteiger partial charge in [-0.3, -0.25) is 0 Å². The minimum absolute atomic E-state index is 0.0412. The van der Waals surface area contributed by atoms with Crippen molar-refractivity contribution in [2.24, 2.45) is 0 Å². The largest absolute Gasteiger partial charge is 0.475 e. The molecule has 5 nitrogen and oxygen atoms in total. The lowest BCUT2D eigenvalue weighted by molar-refractivity contribution is -0.0364. The van der Waals surface area contributed by atoms with E-state index in [1.165, 1.54) is 26.2 Å². The zero-order valence-electron chi connectivity index (χ0n) is 7.98. The van der Waals surface area contributed by atoms with E-state index in [9.17, 15) is 9.90 Å². The first kappa shape index (κ1) is 10.7. The minimum atomic E-state index is -1.30. The van der Waals surface area contributed by atoms with Gasteiger partial charge in [-0.2, -0.15) is 0 Å². The molecule has 0 spiro atoms. The predicted octanol–water partition coefficient (Wildman–Crippen LogP) is 0.832. The molecule has 0 aliphatic heterocycles. The molecule has 1 aromatic heterocycles. The van der Waals surface area contributed by atoms with Crippen LogP contribution in [0.2, 0.25) is 0 Å². The molecule has 2 N–H and O–H groups in total. The average Bonchev–Trinajstić information content (AvgIpc) is 2.51. The van der Waals surface area contributed by atoms with Crippen LogP contribution in [0.3, 0.4) is 0 Å². The molecule has 0 aliphatic carbocycles. The van der Waals surface area contributed by atoms with E-state index in [0.717, 1.165) is 0 Å². The SMILES string of the molecule is COCC(C)(O)c1ccc(C(=O)O)o1. The van der Waals surface area contributed by atoms with Crippen LogP contribution in [0.15, 0.2) is 16.5 Å². The molecule has 5 heteroatoms. The summed E-state index contributed by atoms with van der Waals surface area (Å²) in [6.07, 6.45) is 0. The van der Waals surface area contributed by atoms with Gasteiger partial charge in [0.25, 0.3) is 0 Å². The number of rotatable bonds is 4. The molecule has 1 atom stereocenters. The van der Waals surface area contributed by atoms with Crippen molar-refractivity contribution >= 4 is 5.97 Å². The fourth-order valence-electron chi connectivity index (χ4n) is 1.09. The highest BCUT2D eigenvalue weighted by Crippen LogP contribution is 2.23. The molecular formula is C9H12O5. The van der Waals surface area contributed by atoms with Gasteiger partial charge in [-0.15, -0.1) is 0 Å². The van der Waals surface area contributed by atoms with Crippen LogP contribution < -0.4 is 0 Å². The van der Waals surface area contributed by atoms with Crippen molar-refractivity contribution in [2.45, 2.75) is 12.5 Å². The number of furan rings is 1. The maximum Gasteiger partial charge on any atom is 0.371 e. The number of ether oxygens (including phenoxy) is 1. The summed E-state index contributed by atoms with van der Waals surface area (Å²) in [5.41, 5.74) is -1.30. The smallest absolute Gasteiger partial charge is 0.371 e. The molecule has 1 aromatic rings. The summed E-state index contributed by atoms with van der Waals surface area (Å²) >= 11 is 0. The Kier molecular flexibility index (Phi) is 2.93. The van der Waals surface area contributed by atoms with Crippen LogP contribution in [-0.4, -0.2) is 29.9 Å². The predicted molar refractivity (Wildman–Crippen MR) is 47.1 cm³/mol. The van der Waals surface area contributed by atoms with E-state index in [2.05, 4.69) is 0 Å². The zero-order valence-corrected chi connectivity index (χ0v) is 7.98. The molecule has 1 unspecified atom stereocenters. The van der Waals surface area contributed by atoms with Gasteiger partial charge in [-0.25, -0.2) is 4.79 Å². The summed E-state index contributed by atoms with van der Waals surface area (Å²) in [6.45, 7) is 1.53. The van der Waals surface area contributed by atoms with Crippen molar-refractivity contribution < 1.29 is 24.2 Å². The third kappa shape index (κ3) is 2.12. The highest BCUT2D eigenvalue weighted by Gasteiger charge is 2.27. The third-order valence-electron chi connectivity index (χ3n) is 1.77. The molecule has 0 saturated heterocycles. The van der Waals surface area contributed by atoms with E-state index >= 15 is 0 Å². The Morgan fingerprint density at radius 2 is 2.29 bits per heavy atom. The van der Waals surface area contributed by atoms with Gasteiger partial charge in [0.05, 0.1) is 6.61 Å². The Bertz CT molecular complexity index is 326. The lowest BCUT2D eigenvalue weighted by Gasteiger charge is -2.18. The maximum absolute atomic E-state index is 10.5. The van der Waals surface area contributed by atoms with E-state index in [0.29, 0.717) is 0 Å². The van der Waals surface area contributed by atoms with Crippen molar-refractivity contribution in [3.05, 3.63) is 23.7 Å². The summed E-state index contributed by atoms with van der Waals surface area (Å²) < 4.78 is 9.71. The van der Waals surface area contributed by atoms with E-state index in [1.54, 1.807) is 0 Å². The van der Waals surface area contributed by atoms with Gasteiger partial charge in [0.15, 0.2) is 0 Å². The van der Waals surface area contributed by atoms with Crippen molar-refractivity contribution in [1.82, 2.24) is 0 Å². The number of carbonyl (C=O) groups is 1. The van der Waals surface area contributed by atoms with Gasteiger partial charge < -0.3 is 19.4 Å². The Hall–Kier alpha value is -1.33. The van der Waals surface area contributed by atoms with Crippen LogP contribution >= 0.6 is 0 Å². The first-order valence-electron chi connectivity index (χ1n) is 4.02. The Labute approximate surface area is 80.9 Å². The molecule has 0 bridgehead atoms. The van der Waals surface area contributed by atoms with Crippen LogP contribution in [0.1, 0.15) is 23.2 Å². The average molecular weight is 200 g/mol. The summed E-state index contributed by atoms with van der Waals surface area (Å²) in [6, 6.07) is 2.71. The monoisotopic (exact) mass is 200 g/mol. The van der Waals surface area contributed by atoms with Crippen molar-refractivity contribution in [2.75, 3.05) is 13.7 Å². The third-order valence-corrected chi connectivity index (χ3v) is 1.77. The molecular weight excluding hydrogens is 188 g/mol. The second kappa shape index (κ2) is 3.81. The second-order valence-corrected chi connectivity index (χ2v) is 3.18. The number of hydrogen-bond donors (Lipinski definition) is 2. The number of hydrogen-bond acceptors (Lipinski definition) is 4. The van der Waals surface area contributed by atoms with E-state index < -0.39 is 11.6 Å². The zero-order chi connectivity index (χ0) is 10.8. The number of aliphatic hydroxyl groups is 1. The summed E-state index contributed by atoms with van der Waals surface area (Å²) in [7, 11) is 1.44. The van der Waals surface area contributed by atoms with Crippen molar-refractivity contribution in [3.63, 3.8) is 0 Å². The van der Waals surface area contributed by atoms with Crippen molar-refractivity contribution in [3.8, 4) is 0 Å². The van der Waals surface area contributed by atoms with Gasteiger partial charge in [-0.05, 0) is 19.1 Å². The summed E-state index contributed by atoms with van der Waals surface area (Å²) in [4.78, 5) is 10.5. The highest BCUT2D eigenvalue weighted by molar-refractivity contribution is 5.84. The van der Waals surface area contributed by atoms with Gasteiger partial charge in [-0.1, -0.05) is 0 Å². The fourth-order valence-corrected chi connectivity index (χ4v) is 1.09. The number of carboxylic acids is 1. The lowest BCUT2D eigenvalue weighted by Crippen LogP contribution is -2.26. The first-order chi connectivity index (χ1) is 6.47. The van der Waals surface area contributed by atoms with Crippen LogP contribution in [0, 0.1) is 0 Å². The first-order valence-corrected chi connectivity index (χ1v) is 4.02. The molecule has 0 amide bonds. The normalized spacial score (nSPS) is 15.1.